The van der Waals surface area contributed by atoms with Crippen molar-refractivity contribution in [3.05, 3.63) is 60.4 Å². The van der Waals surface area contributed by atoms with E-state index in [1.807, 2.05) is 6.92 Å². The molecular formula is C17H16N2O4S. The lowest BCUT2D eigenvalue weighted by Gasteiger charge is -2.11. The van der Waals surface area contributed by atoms with Gasteiger partial charge in [0.2, 0.25) is 0 Å². The van der Waals surface area contributed by atoms with E-state index in [0.29, 0.717) is 5.56 Å². The Hall–Kier alpha value is -2.80. The van der Waals surface area contributed by atoms with Gasteiger partial charge in [0, 0.05) is 18.0 Å². The van der Waals surface area contributed by atoms with Gasteiger partial charge < -0.3 is 9.84 Å². The van der Waals surface area contributed by atoms with Crippen molar-refractivity contribution >= 4 is 10.0 Å². The highest BCUT2D eigenvalue weighted by atomic mass is 32.2. The molecule has 0 aliphatic heterocycles. The molecule has 6 nitrogen and oxygen atoms in total. The summed E-state index contributed by atoms with van der Waals surface area (Å²) in [4.78, 5) is 4.33. The average Bonchev–Trinajstić information content (AvgIpc) is 3.06. The van der Waals surface area contributed by atoms with E-state index in [4.69, 9.17) is 4.74 Å². The molecule has 0 aliphatic rings. The van der Waals surface area contributed by atoms with Gasteiger partial charge in [0.15, 0.2) is 17.3 Å². The molecule has 0 bridgehead atoms. The first kappa shape index (κ1) is 16.1. The van der Waals surface area contributed by atoms with Gasteiger partial charge in [-0.15, -0.1) is 0 Å². The Morgan fingerprint density at radius 3 is 2.50 bits per heavy atom. The SMILES string of the molecule is COc1cc(-c2nccn2S(=O)(=O)c2ccc(C)cc2)ccc1O. The van der Waals surface area contributed by atoms with Crippen molar-refractivity contribution < 1.29 is 18.3 Å². The molecule has 0 atom stereocenters. The quantitative estimate of drug-likeness (QED) is 0.787. The summed E-state index contributed by atoms with van der Waals surface area (Å²) in [5.41, 5.74) is 1.49. The van der Waals surface area contributed by atoms with E-state index < -0.39 is 10.0 Å². The molecule has 0 fully saturated rings. The number of hydrogen-bond donors (Lipinski definition) is 1. The summed E-state index contributed by atoms with van der Waals surface area (Å²) in [6, 6.07) is 11.2. The number of aromatic hydroxyl groups is 1. The fraction of sp³-hybridized carbons (Fsp3) is 0.118. The predicted octanol–water partition coefficient (Wildman–Crippen LogP) is 2.81. The van der Waals surface area contributed by atoms with Gasteiger partial charge in [-0.3, -0.25) is 0 Å². The Bertz CT molecular complexity index is 976. The first-order valence-electron chi connectivity index (χ1n) is 7.16. The number of nitrogens with zero attached hydrogens (tertiary/aromatic N) is 2. The van der Waals surface area contributed by atoms with Crippen LogP contribution in [0.1, 0.15) is 5.56 Å². The standard InChI is InChI=1S/C17H16N2O4S/c1-12-3-6-14(7-4-12)24(21,22)19-10-9-18-17(19)13-5-8-15(20)16(11-13)23-2/h3-11,20H,1-2H3. The number of methoxy groups -OCH3 is 1. The van der Waals surface area contributed by atoms with Crippen LogP contribution >= 0.6 is 0 Å². The summed E-state index contributed by atoms with van der Waals surface area (Å²) in [5.74, 6) is 0.462. The Morgan fingerprint density at radius 1 is 1.12 bits per heavy atom. The molecule has 0 saturated heterocycles. The lowest BCUT2D eigenvalue weighted by Crippen LogP contribution is -2.13. The lowest BCUT2D eigenvalue weighted by molar-refractivity contribution is 0.373. The summed E-state index contributed by atoms with van der Waals surface area (Å²) in [6.07, 6.45) is 2.81. The van der Waals surface area contributed by atoms with Crippen LogP contribution in [-0.4, -0.2) is 29.6 Å². The number of imidazole rings is 1. The second-order valence-corrected chi connectivity index (χ2v) is 7.07. The van der Waals surface area contributed by atoms with Crippen LogP contribution in [0.3, 0.4) is 0 Å². The van der Waals surface area contributed by atoms with Crippen molar-refractivity contribution in [2.24, 2.45) is 0 Å². The third kappa shape index (κ3) is 2.74. The molecule has 2 aromatic carbocycles. The van der Waals surface area contributed by atoms with E-state index in [0.717, 1.165) is 9.54 Å². The second kappa shape index (κ2) is 6.01. The van der Waals surface area contributed by atoms with Crippen LogP contribution in [0.15, 0.2) is 59.8 Å². The molecule has 0 saturated carbocycles. The van der Waals surface area contributed by atoms with Crippen LogP contribution in [0.4, 0.5) is 0 Å². The van der Waals surface area contributed by atoms with E-state index in [2.05, 4.69) is 4.98 Å². The molecule has 1 N–H and O–H groups in total. The summed E-state index contributed by atoms with van der Waals surface area (Å²) in [5, 5.41) is 9.70. The molecule has 0 unspecified atom stereocenters. The van der Waals surface area contributed by atoms with E-state index in [1.165, 1.54) is 25.6 Å². The predicted molar refractivity (Wildman–Crippen MR) is 89.6 cm³/mol. The van der Waals surface area contributed by atoms with Crippen molar-refractivity contribution in [2.75, 3.05) is 7.11 Å². The van der Waals surface area contributed by atoms with E-state index in [1.54, 1.807) is 36.4 Å². The first-order chi connectivity index (χ1) is 11.4. The van der Waals surface area contributed by atoms with Crippen LogP contribution in [0.5, 0.6) is 11.5 Å². The molecule has 0 amide bonds. The first-order valence-corrected chi connectivity index (χ1v) is 8.60. The molecule has 24 heavy (non-hydrogen) atoms. The highest BCUT2D eigenvalue weighted by Gasteiger charge is 2.21. The summed E-state index contributed by atoms with van der Waals surface area (Å²) in [7, 11) is -2.35. The molecule has 0 radical (unpaired) electrons. The highest BCUT2D eigenvalue weighted by molar-refractivity contribution is 7.90. The molecular weight excluding hydrogens is 328 g/mol. The molecule has 0 spiro atoms. The number of benzene rings is 2. The topological polar surface area (TPSA) is 81.4 Å². The third-order valence-corrected chi connectivity index (χ3v) is 5.30. The van der Waals surface area contributed by atoms with Crippen molar-refractivity contribution in [3.8, 4) is 22.9 Å². The summed E-state index contributed by atoms with van der Waals surface area (Å²) < 4.78 is 31.9. The van der Waals surface area contributed by atoms with Crippen molar-refractivity contribution in [1.29, 1.82) is 0 Å². The minimum Gasteiger partial charge on any atom is -0.504 e. The Balaban J connectivity index is 2.12. The molecule has 3 aromatic rings. The molecule has 3 rings (SSSR count). The Labute approximate surface area is 140 Å². The Morgan fingerprint density at radius 2 is 1.83 bits per heavy atom. The largest absolute Gasteiger partial charge is 0.504 e. The van der Waals surface area contributed by atoms with E-state index in [9.17, 15) is 13.5 Å². The van der Waals surface area contributed by atoms with Gasteiger partial charge in [0.25, 0.3) is 10.0 Å². The van der Waals surface area contributed by atoms with E-state index >= 15 is 0 Å². The summed E-state index contributed by atoms with van der Waals surface area (Å²) >= 11 is 0. The van der Waals surface area contributed by atoms with Crippen molar-refractivity contribution in [2.45, 2.75) is 11.8 Å². The van der Waals surface area contributed by atoms with E-state index in [-0.39, 0.29) is 22.2 Å². The van der Waals surface area contributed by atoms with Crippen LogP contribution in [-0.2, 0) is 10.0 Å². The number of phenolic OH excluding ortho intramolecular Hbond substituents is 1. The average molecular weight is 344 g/mol. The molecule has 124 valence electrons. The zero-order valence-corrected chi connectivity index (χ0v) is 14.0. The van der Waals surface area contributed by atoms with Crippen molar-refractivity contribution in [1.82, 2.24) is 8.96 Å². The maximum Gasteiger partial charge on any atom is 0.269 e. The number of ether oxygens (including phenoxy) is 1. The molecule has 0 aliphatic carbocycles. The van der Waals surface area contributed by atoms with Gasteiger partial charge in [-0.1, -0.05) is 17.7 Å². The van der Waals surface area contributed by atoms with Gasteiger partial charge in [0.1, 0.15) is 0 Å². The zero-order valence-electron chi connectivity index (χ0n) is 13.2. The maximum atomic E-state index is 12.9. The highest BCUT2D eigenvalue weighted by Crippen LogP contribution is 2.31. The number of phenols is 1. The fourth-order valence-corrected chi connectivity index (χ4v) is 3.63. The number of aromatic nitrogens is 2. The zero-order chi connectivity index (χ0) is 17.3. The summed E-state index contributed by atoms with van der Waals surface area (Å²) in [6.45, 7) is 1.89. The molecule has 1 aromatic heterocycles. The monoisotopic (exact) mass is 344 g/mol. The minimum absolute atomic E-state index is 0.0271. The van der Waals surface area contributed by atoms with Gasteiger partial charge in [-0.2, -0.15) is 0 Å². The number of hydrogen-bond acceptors (Lipinski definition) is 5. The third-order valence-electron chi connectivity index (χ3n) is 3.62. The second-order valence-electron chi connectivity index (χ2n) is 5.25. The van der Waals surface area contributed by atoms with Gasteiger partial charge in [-0.25, -0.2) is 17.4 Å². The minimum atomic E-state index is -3.77. The molecule has 1 heterocycles. The number of rotatable bonds is 4. The Kier molecular flexibility index (Phi) is 4.02. The van der Waals surface area contributed by atoms with Gasteiger partial charge >= 0.3 is 0 Å². The van der Waals surface area contributed by atoms with Crippen molar-refractivity contribution in [3.63, 3.8) is 0 Å². The normalized spacial score (nSPS) is 11.4. The molecule has 7 heteroatoms. The van der Waals surface area contributed by atoms with Crippen LogP contribution < -0.4 is 4.74 Å². The smallest absolute Gasteiger partial charge is 0.269 e. The van der Waals surface area contributed by atoms with Crippen LogP contribution in [0.2, 0.25) is 0 Å². The maximum absolute atomic E-state index is 12.9. The lowest BCUT2D eigenvalue weighted by atomic mass is 10.2. The van der Waals surface area contributed by atoms with Crippen LogP contribution in [0, 0.1) is 6.92 Å². The van der Waals surface area contributed by atoms with Gasteiger partial charge in [-0.05, 0) is 37.3 Å². The van der Waals surface area contributed by atoms with Crippen LogP contribution in [0.25, 0.3) is 11.4 Å². The number of aryl methyl sites for hydroxylation is 1. The fourth-order valence-electron chi connectivity index (χ4n) is 2.33. The van der Waals surface area contributed by atoms with Gasteiger partial charge in [0.05, 0.1) is 12.0 Å².